The van der Waals surface area contributed by atoms with E-state index in [-0.39, 0.29) is 0 Å². The van der Waals surface area contributed by atoms with E-state index in [0.29, 0.717) is 0 Å². The van der Waals surface area contributed by atoms with Crippen LogP contribution in [0.2, 0.25) is 0 Å². The third-order valence-corrected chi connectivity index (χ3v) is 1.23. The van der Waals surface area contributed by atoms with Crippen LogP contribution in [-0.2, 0) is 0 Å². The Bertz CT molecular complexity index is 185. The summed E-state index contributed by atoms with van der Waals surface area (Å²) >= 11 is 0. The molecule has 0 aromatic heterocycles. The van der Waals surface area contributed by atoms with Gasteiger partial charge in [-0.05, 0) is 26.3 Å². The molecule has 56 valence electrons. The maximum Gasteiger partial charge on any atom is 0.0300 e. The highest BCUT2D eigenvalue weighted by Crippen LogP contribution is 2.04. The fourth-order valence-corrected chi connectivity index (χ4v) is 0.681. The van der Waals surface area contributed by atoms with Crippen LogP contribution in [0.15, 0.2) is 35.6 Å². The fourth-order valence-electron chi connectivity index (χ4n) is 0.681. The van der Waals surface area contributed by atoms with E-state index in [2.05, 4.69) is 6.58 Å². The lowest BCUT2D eigenvalue weighted by molar-refractivity contribution is 1.26. The predicted molar refractivity (Wildman–Crippen MR) is 46.5 cm³/mol. The Morgan fingerprint density at radius 3 is 2.20 bits per heavy atom. The molecule has 0 aromatic rings. The minimum Gasteiger partial charge on any atom is -0.399 e. The lowest BCUT2D eigenvalue weighted by atomic mass is 10.1. The second kappa shape index (κ2) is 3.94. The zero-order valence-corrected chi connectivity index (χ0v) is 6.94. The first kappa shape index (κ1) is 9.02. The standard InChI is InChI=1S/C9H15N/c1-5-9(10)8(4)6-7(2)3/h5-6H,2,10H2,1,3-4H3/b8-6-,9-5+. The van der Waals surface area contributed by atoms with E-state index in [4.69, 9.17) is 5.73 Å². The van der Waals surface area contributed by atoms with Crippen LogP contribution < -0.4 is 5.73 Å². The van der Waals surface area contributed by atoms with Gasteiger partial charge in [-0.25, -0.2) is 0 Å². The Hall–Kier alpha value is -0.980. The molecular weight excluding hydrogens is 122 g/mol. The van der Waals surface area contributed by atoms with E-state index in [1.807, 2.05) is 32.9 Å². The summed E-state index contributed by atoms with van der Waals surface area (Å²) in [6.07, 6.45) is 3.85. The van der Waals surface area contributed by atoms with Crippen molar-refractivity contribution < 1.29 is 0 Å². The van der Waals surface area contributed by atoms with Crippen LogP contribution in [0.5, 0.6) is 0 Å². The molecule has 0 amide bonds. The maximum atomic E-state index is 5.62. The van der Waals surface area contributed by atoms with Gasteiger partial charge in [0.1, 0.15) is 0 Å². The van der Waals surface area contributed by atoms with Gasteiger partial charge in [0.15, 0.2) is 0 Å². The fraction of sp³-hybridized carbons (Fsp3) is 0.333. The predicted octanol–water partition coefficient (Wildman–Crippen LogP) is 2.37. The van der Waals surface area contributed by atoms with Crippen LogP contribution in [0.1, 0.15) is 20.8 Å². The molecule has 0 unspecified atom stereocenters. The van der Waals surface area contributed by atoms with Crippen molar-refractivity contribution in [1.82, 2.24) is 0 Å². The van der Waals surface area contributed by atoms with Gasteiger partial charge < -0.3 is 5.73 Å². The second-order valence-electron chi connectivity index (χ2n) is 2.42. The molecule has 0 atom stereocenters. The number of allylic oxidation sites excluding steroid dienone is 4. The molecule has 0 bridgehead atoms. The molecule has 0 aliphatic carbocycles. The van der Waals surface area contributed by atoms with E-state index < -0.39 is 0 Å². The summed E-state index contributed by atoms with van der Waals surface area (Å²) in [6.45, 7) is 9.60. The molecular formula is C9H15N. The third kappa shape index (κ3) is 3.13. The molecule has 1 nitrogen and oxygen atoms in total. The van der Waals surface area contributed by atoms with Crippen molar-refractivity contribution in [3.8, 4) is 0 Å². The second-order valence-corrected chi connectivity index (χ2v) is 2.42. The zero-order valence-electron chi connectivity index (χ0n) is 6.94. The molecule has 0 fully saturated rings. The summed E-state index contributed by atoms with van der Waals surface area (Å²) in [5, 5.41) is 0. The van der Waals surface area contributed by atoms with Gasteiger partial charge in [0, 0.05) is 5.70 Å². The lowest BCUT2D eigenvalue weighted by Gasteiger charge is -1.98. The minimum atomic E-state index is 0.822. The Kier molecular flexibility index (Phi) is 3.55. The average Bonchev–Trinajstić information content (AvgIpc) is 1.85. The van der Waals surface area contributed by atoms with E-state index in [1.165, 1.54) is 0 Å². The van der Waals surface area contributed by atoms with E-state index in [1.54, 1.807) is 0 Å². The third-order valence-electron chi connectivity index (χ3n) is 1.23. The monoisotopic (exact) mass is 137 g/mol. The molecule has 10 heavy (non-hydrogen) atoms. The highest BCUT2D eigenvalue weighted by Gasteiger charge is 1.89. The summed E-state index contributed by atoms with van der Waals surface area (Å²) in [4.78, 5) is 0. The molecule has 0 aliphatic heterocycles. The molecule has 0 heterocycles. The minimum absolute atomic E-state index is 0.822. The van der Waals surface area contributed by atoms with Gasteiger partial charge in [-0.3, -0.25) is 0 Å². The van der Waals surface area contributed by atoms with E-state index in [0.717, 1.165) is 16.8 Å². The maximum absolute atomic E-state index is 5.62. The lowest BCUT2D eigenvalue weighted by Crippen LogP contribution is -1.97. The molecule has 0 rings (SSSR count). The highest BCUT2D eigenvalue weighted by molar-refractivity contribution is 5.31. The first-order valence-corrected chi connectivity index (χ1v) is 3.34. The van der Waals surface area contributed by atoms with Crippen LogP contribution in [-0.4, -0.2) is 0 Å². The molecule has 2 N–H and O–H groups in total. The van der Waals surface area contributed by atoms with Gasteiger partial charge in [-0.1, -0.05) is 24.3 Å². The SMILES string of the molecule is C=C(C)/C=C(C)\C(N)=C/C. The summed E-state index contributed by atoms with van der Waals surface area (Å²) in [5.74, 6) is 0. The highest BCUT2D eigenvalue weighted by atomic mass is 14.6. The van der Waals surface area contributed by atoms with Crippen LogP contribution in [0.4, 0.5) is 0 Å². The zero-order chi connectivity index (χ0) is 8.15. The van der Waals surface area contributed by atoms with Crippen molar-refractivity contribution in [2.75, 3.05) is 0 Å². The normalized spacial score (nSPS) is 13.5. The van der Waals surface area contributed by atoms with Crippen molar-refractivity contribution in [3.05, 3.63) is 35.6 Å². The molecule has 0 saturated heterocycles. The molecule has 0 spiro atoms. The van der Waals surface area contributed by atoms with Crippen molar-refractivity contribution in [3.63, 3.8) is 0 Å². The number of hydrogen-bond donors (Lipinski definition) is 1. The first-order valence-electron chi connectivity index (χ1n) is 3.34. The van der Waals surface area contributed by atoms with Gasteiger partial charge in [0.25, 0.3) is 0 Å². The number of rotatable bonds is 2. The van der Waals surface area contributed by atoms with E-state index in [9.17, 15) is 0 Å². The molecule has 0 saturated carbocycles. The van der Waals surface area contributed by atoms with Crippen molar-refractivity contribution in [2.45, 2.75) is 20.8 Å². The Balaban J connectivity index is 4.35. The quantitative estimate of drug-likeness (QED) is 0.581. The van der Waals surface area contributed by atoms with Crippen LogP contribution in [0.25, 0.3) is 0 Å². The average molecular weight is 137 g/mol. The van der Waals surface area contributed by atoms with Gasteiger partial charge in [-0.2, -0.15) is 0 Å². The number of nitrogens with two attached hydrogens (primary N) is 1. The van der Waals surface area contributed by atoms with E-state index >= 15 is 0 Å². The van der Waals surface area contributed by atoms with Gasteiger partial charge in [0.2, 0.25) is 0 Å². The van der Waals surface area contributed by atoms with Gasteiger partial charge in [0.05, 0.1) is 0 Å². The summed E-state index contributed by atoms with van der Waals surface area (Å²) < 4.78 is 0. The molecule has 0 aliphatic rings. The van der Waals surface area contributed by atoms with Gasteiger partial charge in [-0.15, -0.1) is 0 Å². The van der Waals surface area contributed by atoms with Crippen LogP contribution in [0.3, 0.4) is 0 Å². The Morgan fingerprint density at radius 2 is 1.90 bits per heavy atom. The van der Waals surface area contributed by atoms with Crippen LogP contribution >= 0.6 is 0 Å². The molecule has 1 heteroatoms. The van der Waals surface area contributed by atoms with Crippen molar-refractivity contribution in [1.29, 1.82) is 0 Å². The largest absolute Gasteiger partial charge is 0.399 e. The smallest absolute Gasteiger partial charge is 0.0300 e. The Morgan fingerprint density at radius 1 is 1.40 bits per heavy atom. The summed E-state index contributed by atoms with van der Waals surface area (Å²) in [7, 11) is 0. The van der Waals surface area contributed by atoms with Crippen LogP contribution in [0, 0.1) is 0 Å². The summed E-state index contributed by atoms with van der Waals surface area (Å²) in [5.41, 5.74) is 8.55. The topological polar surface area (TPSA) is 26.0 Å². The first-order chi connectivity index (χ1) is 4.57. The summed E-state index contributed by atoms with van der Waals surface area (Å²) in [6, 6.07) is 0. The molecule has 0 radical (unpaired) electrons. The Labute approximate surface area is 62.9 Å². The van der Waals surface area contributed by atoms with Crippen molar-refractivity contribution in [2.24, 2.45) is 5.73 Å². The number of hydrogen-bond acceptors (Lipinski definition) is 1. The van der Waals surface area contributed by atoms with Gasteiger partial charge >= 0.3 is 0 Å². The molecule has 0 aromatic carbocycles. The van der Waals surface area contributed by atoms with Crippen molar-refractivity contribution >= 4 is 0 Å².